The van der Waals surface area contributed by atoms with Crippen molar-refractivity contribution >= 4 is 19.9 Å². The SMILES string of the molecule is CCCCN(CCCC)S(=O)(=O)[C@H]1CCS(=O)(=O)C1. The van der Waals surface area contributed by atoms with Crippen molar-refractivity contribution in [1.29, 1.82) is 0 Å². The molecule has 1 fully saturated rings. The third-order valence-electron chi connectivity index (χ3n) is 3.49. The first-order chi connectivity index (χ1) is 8.83. The first-order valence-electron chi connectivity index (χ1n) is 7.03. The summed E-state index contributed by atoms with van der Waals surface area (Å²) in [5, 5.41) is -0.730. The molecule has 1 aliphatic heterocycles. The molecule has 1 aliphatic rings. The summed E-state index contributed by atoms with van der Waals surface area (Å²) in [6.45, 7) is 5.06. The number of rotatable bonds is 8. The third kappa shape index (κ3) is 4.72. The molecule has 0 spiro atoms. The topological polar surface area (TPSA) is 71.5 Å². The van der Waals surface area contributed by atoms with Crippen molar-refractivity contribution in [3.05, 3.63) is 0 Å². The van der Waals surface area contributed by atoms with Crippen LogP contribution in [0, 0.1) is 0 Å². The van der Waals surface area contributed by atoms with E-state index in [1.807, 2.05) is 13.8 Å². The van der Waals surface area contributed by atoms with Crippen LogP contribution in [-0.2, 0) is 19.9 Å². The first kappa shape index (κ1) is 16.9. The van der Waals surface area contributed by atoms with Crippen LogP contribution >= 0.6 is 0 Å². The molecule has 0 unspecified atom stereocenters. The number of hydrogen-bond acceptors (Lipinski definition) is 4. The summed E-state index contributed by atoms with van der Waals surface area (Å²) in [4.78, 5) is 0. The minimum absolute atomic E-state index is 0.00624. The molecule has 1 saturated heterocycles. The van der Waals surface area contributed by atoms with E-state index in [2.05, 4.69) is 0 Å². The Morgan fingerprint density at radius 1 is 1.11 bits per heavy atom. The van der Waals surface area contributed by atoms with Crippen molar-refractivity contribution in [2.75, 3.05) is 24.6 Å². The molecule has 19 heavy (non-hydrogen) atoms. The second-order valence-corrected chi connectivity index (χ2v) is 9.62. The summed E-state index contributed by atoms with van der Waals surface area (Å²) >= 11 is 0. The van der Waals surface area contributed by atoms with Gasteiger partial charge >= 0.3 is 0 Å². The largest absolute Gasteiger partial charge is 0.229 e. The van der Waals surface area contributed by atoms with Gasteiger partial charge in [-0.05, 0) is 19.3 Å². The molecule has 0 radical (unpaired) electrons. The third-order valence-corrected chi connectivity index (χ3v) is 7.80. The van der Waals surface area contributed by atoms with Gasteiger partial charge in [-0.1, -0.05) is 26.7 Å². The molecule has 0 N–H and O–H groups in total. The molecule has 114 valence electrons. The monoisotopic (exact) mass is 311 g/mol. The highest BCUT2D eigenvalue weighted by molar-refractivity contribution is 7.95. The van der Waals surface area contributed by atoms with Gasteiger partial charge in [-0.15, -0.1) is 0 Å². The van der Waals surface area contributed by atoms with Crippen LogP contribution < -0.4 is 0 Å². The van der Waals surface area contributed by atoms with Crippen molar-refractivity contribution < 1.29 is 16.8 Å². The lowest BCUT2D eigenvalue weighted by molar-refractivity contribution is 0.390. The van der Waals surface area contributed by atoms with Crippen LogP contribution in [0.25, 0.3) is 0 Å². The maximum absolute atomic E-state index is 12.5. The number of hydrogen-bond donors (Lipinski definition) is 0. The molecule has 0 aliphatic carbocycles. The van der Waals surface area contributed by atoms with Crippen LogP contribution in [-0.4, -0.2) is 51.0 Å². The summed E-state index contributed by atoms with van der Waals surface area (Å²) < 4.78 is 49.4. The lowest BCUT2D eigenvalue weighted by atomic mass is 10.3. The average molecular weight is 311 g/mol. The Hall–Kier alpha value is -0.140. The van der Waals surface area contributed by atoms with Crippen molar-refractivity contribution in [2.45, 2.75) is 51.2 Å². The number of nitrogens with zero attached hydrogens (tertiary/aromatic N) is 1. The van der Waals surface area contributed by atoms with Crippen molar-refractivity contribution in [1.82, 2.24) is 4.31 Å². The molecule has 0 aromatic heterocycles. The summed E-state index contributed by atoms with van der Waals surface area (Å²) in [5.74, 6) is -0.198. The molecule has 1 atom stereocenters. The van der Waals surface area contributed by atoms with Gasteiger partial charge in [0.2, 0.25) is 10.0 Å². The molecule has 0 aromatic carbocycles. The highest BCUT2D eigenvalue weighted by Gasteiger charge is 2.39. The average Bonchev–Trinajstić information content (AvgIpc) is 2.70. The fraction of sp³-hybridized carbons (Fsp3) is 1.00. The Morgan fingerprint density at radius 3 is 2.00 bits per heavy atom. The molecular weight excluding hydrogens is 286 g/mol. The van der Waals surface area contributed by atoms with Gasteiger partial charge in [0, 0.05) is 13.1 Å². The Kier molecular flexibility index (Phi) is 6.26. The quantitative estimate of drug-likeness (QED) is 0.679. The number of unbranched alkanes of at least 4 members (excludes halogenated alkanes) is 2. The van der Waals surface area contributed by atoms with Crippen molar-refractivity contribution in [2.24, 2.45) is 0 Å². The van der Waals surface area contributed by atoms with E-state index in [1.165, 1.54) is 4.31 Å². The fourth-order valence-corrected chi connectivity index (χ4v) is 6.85. The van der Waals surface area contributed by atoms with E-state index in [9.17, 15) is 16.8 Å². The zero-order chi connectivity index (χ0) is 14.5. The van der Waals surface area contributed by atoms with Crippen LogP contribution in [0.3, 0.4) is 0 Å². The van der Waals surface area contributed by atoms with Gasteiger partial charge in [0.05, 0.1) is 16.8 Å². The molecule has 5 nitrogen and oxygen atoms in total. The van der Waals surface area contributed by atoms with Gasteiger partial charge in [-0.2, -0.15) is 0 Å². The Balaban J connectivity index is 2.80. The van der Waals surface area contributed by atoms with Gasteiger partial charge in [0.15, 0.2) is 9.84 Å². The highest BCUT2D eigenvalue weighted by atomic mass is 32.2. The predicted molar refractivity (Wildman–Crippen MR) is 77.4 cm³/mol. The van der Waals surface area contributed by atoms with Gasteiger partial charge in [0.25, 0.3) is 0 Å². The highest BCUT2D eigenvalue weighted by Crippen LogP contribution is 2.22. The maximum Gasteiger partial charge on any atom is 0.218 e. The van der Waals surface area contributed by atoms with E-state index in [-0.39, 0.29) is 17.9 Å². The molecule has 0 aromatic rings. The fourth-order valence-electron chi connectivity index (χ4n) is 2.24. The normalized spacial score (nSPS) is 23.0. The lowest BCUT2D eigenvalue weighted by Gasteiger charge is -2.24. The van der Waals surface area contributed by atoms with Crippen LogP contribution in [0.4, 0.5) is 0 Å². The van der Waals surface area contributed by atoms with E-state index in [0.29, 0.717) is 13.1 Å². The Labute approximate surface area is 117 Å². The predicted octanol–water partition coefficient (Wildman–Crippen LogP) is 1.41. The first-order valence-corrected chi connectivity index (χ1v) is 10.4. The van der Waals surface area contributed by atoms with Crippen molar-refractivity contribution in [3.8, 4) is 0 Å². The second kappa shape index (κ2) is 7.04. The molecule has 1 heterocycles. The molecular formula is C12H25NO4S2. The minimum atomic E-state index is -3.46. The lowest BCUT2D eigenvalue weighted by Crippen LogP contribution is -2.40. The zero-order valence-corrected chi connectivity index (χ0v) is 13.5. The molecule has 7 heteroatoms. The molecule has 0 bridgehead atoms. The number of sulfonamides is 1. The summed E-state index contributed by atoms with van der Waals surface area (Å²) in [7, 11) is -6.62. The summed E-state index contributed by atoms with van der Waals surface area (Å²) in [5.41, 5.74) is 0. The summed E-state index contributed by atoms with van der Waals surface area (Å²) in [6, 6.07) is 0. The van der Waals surface area contributed by atoms with Crippen LogP contribution in [0.15, 0.2) is 0 Å². The van der Waals surface area contributed by atoms with Gasteiger partial charge in [0.1, 0.15) is 0 Å². The molecule has 0 amide bonds. The summed E-state index contributed by atoms with van der Waals surface area (Å²) in [6.07, 6.45) is 3.76. The standard InChI is InChI=1S/C12H25NO4S2/c1-3-5-8-13(9-6-4-2)19(16,17)12-7-10-18(14,15)11-12/h12H,3-11H2,1-2H3/t12-/m0/s1. The minimum Gasteiger partial charge on any atom is -0.229 e. The van der Waals surface area contributed by atoms with E-state index in [1.54, 1.807) is 0 Å². The Morgan fingerprint density at radius 2 is 1.63 bits per heavy atom. The van der Waals surface area contributed by atoms with Crippen LogP contribution in [0.5, 0.6) is 0 Å². The van der Waals surface area contributed by atoms with E-state index >= 15 is 0 Å². The van der Waals surface area contributed by atoms with Gasteiger partial charge in [-0.25, -0.2) is 21.1 Å². The van der Waals surface area contributed by atoms with Gasteiger partial charge < -0.3 is 0 Å². The van der Waals surface area contributed by atoms with E-state index < -0.39 is 25.1 Å². The smallest absolute Gasteiger partial charge is 0.218 e. The van der Waals surface area contributed by atoms with Crippen LogP contribution in [0.1, 0.15) is 46.0 Å². The van der Waals surface area contributed by atoms with Gasteiger partial charge in [-0.3, -0.25) is 0 Å². The van der Waals surface area contributed by atoms with E-state index in [4.69, 9.17) is 0 Å². The molecule has 1 rings (SSSR count). The van der Waals surface area contributed by atoms with Crippen LogP contribution in [0.2, 0.25) is 0 Å². The maximum atomic E-state index is 12.5. The van der Waals surface area contributed by atoms with Crippen molar-refractivity contribution in [3.63, 3.8) is 0 Å². The zero-order valence-electron chi connectivity index (χ0n) is 11.8. The second-order valence-electron chi connectivity index (χ2n) is 5.18. The van der Waals surface area contributed by atoms with E-state index in [0.717, 1.165) is 25.7 Å². The molecule has 0 saturated carbocycles. The Bertz CT molecular complexity index is 462. The number of sulfone groups is 1.